The van der Waals surface area contributed by atoms with Crippen molar-refractivity contribution in [1.29, 1.82) is 0 Å². The number of aromatic nitrogens is 3. The molecule has 0 N–H and O–H groups in total. The molecule has 164 valence electrons. The van der Waals surface area contributed by atoms with Gasteiger partial charge in [0, 0.05) is 38.2 Å². The highest BCUT2D eigenvalue weighted by Crippen LogP contribution is 2.50. The van der Waals surface area contributed by atoms with E-state index in [9.17, 15) is 17.2 Å². The highest BCUT2D eigenvalue weighted by atomic mass is 32.2. The van der Waals surface area contributed by atoms with E-state index in [-0.39, 0.29) is 24.4 Å². The lowest BCUT2D eigenvalue weighted by Crippen LogP contribution is -2.46. The molecule has 30 heavy (non-hydrogen) atoms. The number of likely N-dealkylation sites (tertiary alicyclic amines) is 1. The van der Waals surface area contributed by atoms with E-state index in [1.54, 1.807) is 6.33 Å². The first-order valence-electron chi connectivity index (χ1n) is 10.2. The molecule has 0 amide bonds. The van der Waals surface area contributed by atoms with Gasteiger partial charge in [-0.25, -0.2) is 17.2 Å². The van der Waals surface area contributed by atoms with Crippen LogP contribution in [-0.2, 0) is 17.1 Å². The lowest BCUT2D eigenvalue weighted by Gasteiger charge is -2.43. The molecule has 1 unspecified atom stereocenters. The maximum atomic E-state index is 14.3. The average molecular weight is 440 g/mol. The molecule has 1 atom stereocenters. The lowest BCUT2D eigenvalue weighted by atomic mass is 9.70. The van der Waals surface area contributed by atoms with Crippen molar-refractivity contribution >= 4 is 10.0 Å². The van der Waals surface area contributed by atoms with E-state index in [1.165, 1.54) is 4.31 Å². The Morgan fingerprint density at radius 1 is 1.20 bits per heavy atom. The van der Waals surface area contributed by atoms with Gasteiger partial charge in [0.25, 0.3) is 0 Å². The second-order valence-corrected chi connectivity index (χ2v) is 10.6. The van der Waals surface area contributed by atoms with Crippen LogP contribution in [0.15, 0.2) is 29.4 Å². The first-order chi connectivity index (χ1) is 14.1. The van der Waals surface area contributed by atoms with Crippen molar-refractivity contribution in [2.24, 2.45) is 12.5 Å². The van der Waals surface area contributed by atoms with E-state index < -0.39 is 26.6 Å². The van der Waals surface area contributed by atoms with Crippen LogP contribution < -0.4 is 0 Å². The largest absolute Gasteiger partial charge is 0.320 e. The molecule has 0 saturated carbocycles. The van der Waals surface area contributed by atoms with Crippen LogP contribution in [0, 0.1) is 17.0 Å². The summed E-state index contributed by atoms with van der Waals surface area (Å²) in [6.45, 7) is 6.53. The molecule has 0 aliphatic carbocycles. The topological polar surface area (TPSA) is 71.3 Å². The molecular weight excluding hydrogens is 412 g/mol. The fourth-order valence-electron chi connectivity index (χ4n) is 4.89. The molecule has 2 aliphatic heterocycles. The number of rotatable bonds is 4. The summed E-state index contributed by atoms with van der Waals surface area (Å²) in [6, 6.07) is 3.01. The number of nitrogens with zero attached hydrogens (tertiary/aromatic N) is 5. The van der Waals surface area contributed by atoms with Gasteiger partial charge < -0.3 is 9.47 Å². The van der Waals surface area contributed by atoms with Gasteiger partial charge in [0.15, 0.2) is 0 Å². The van der Waals surface area contributed by atoms with Crippen molar-refractivity contribution in [3.05, 3.63) is 42.0 Å². The number of halogens is 2. The number of hydrogen-bond donors (Lipinski definition) is 0. The third-order valence-electron chi connectivity index (χ3n) is 6.71. The van der Waals surface area contributed by atoms with Crippen LogP contribution in [0.4, 0.5) is 8.78 Å². The predicted octanol–water partition coefficient (Wildman–Crippen LogP) is 2.37. The van der Waals surface area contributed by atoms with E-state index in [1.807, 2.05) is 11.6 Å². The quantitative estimate of drug-likeness (QED) is 0.732. The minimum Gasteiger partial charge on any atom is -0.320 e. The number of benzene rings is 1. The molecule has 2 saturated heterocycles. The van der Waals surface area contributed by atoms with Gasteiger partial charge in [0.2, 0.25) is 10.0 Å². The molecule has 7 nitrogen and oxygen atoms in total. The van der Waals surface area contributed by atoms with Crippen LogP contribution in [0.2, 0.25) is 0 Å². The minimum atomic E-state index is -4.11. The molecule has 10 heteroatoms. The molecule has 2 fully saturated rings. The summed E-state index contributed by atoms with van der Waals surface area (Å²) >= 11 is 0. The van der Waals surface area contributed by atoms with Crippen LogP contribution in [-0.4, -0.2) is 64.6 Å². The smallest absolute Gasteiger partial charge is 0.246 e. The van der Waals surface area contributed by atoms with Crippen LogP contribution >= 0.6 is 0 Å². The zero-order valence-electron chi connectivity index (χ0n) is 17.4. The van der Waals surface area contributed by atoms with Gasteiger partial charge in [-0.2, -0.15) is 4.31 Å². The number of hydrogen-bond acceptors (Lipinski definition) is 5. The molecule has 1 spiro atoms. The summed E-state index contributed by atoms with van der Waals surface area (Å²) in [6.07, 6.45) is 3.25. The van der Waals surface area contributed by atoms with Crippen molar-refractivity contribution in [3.63, 3.8) is 0 Å². The third kappa shape index (κ3) is 3.54. The van der Waals surface area contributed by atoms with Crippen molar-refractivity contribution < 1.29 is 17.2 Å². The predicted molar refractivity (Wildman–Crippen MR) is 107 cm³/mol. The van der Waals surface area contributed by atoms with Crippen molar-refractivity contribution in [2.75, 3.05) is 26.2 Å². The van der Waals surface area contributed by atoms with Gasteiger partial charge in [-0.3, -0.25) is 0 Å². The maximum Gasteiger partial charge on any atom is 0.246 e. The molecule has 2 aliphatic rings. The molecule has 1 aromatic heterocycles. The summed E-state index contributed by atoms with van der Waals surface area (Å²) in [5, 5.41) is 8.26. The summed E-state index contributed by atoms with van der Waals surface area (Å²) in [7, 11) is -2.26. The van der Waals surface area contributed by atoms with E-state index >= 15 is 0 Å². The normalized spacial score (nSPS) is 22.9. The van der Waals surface area contributed by atoms with Crippen molar-refractivity contribution in [2.45, 2.75) is 43.5 Å². The standard InChI is InChI=1S/C20H27F2N5O2S/c1-14(2)26-8-6-20(7-9-26)12-27(11-16(20)19-24-23-13-25(19)3)30(28,29)18-5-4-15(21)10-17(18)22/h4-5,10,13-14,16H,6-9,11-12H2,1-3H3. The maximum absolute atomic E-state index is 14.3. The zero-order valence-corrected chi connectivity index (χ0v) is 18.2. The Bertz CT molecular complexity index is 1030. The second kappa shape index (κ2) is 7.65. The summed E-state index contributed by atoms with van der Waals surface area (Å²) in [5.74, 6) is -1.27. The third-order valence-corrected chi connectivity index (χ3v) is 8.56. The fraction of sp³-hybridized carbons (Fsp3) is 0.600. The van der Waals surface area contributed by atoms with E-state index in [2.05, 4.69) is 28.9 Å². The minimum absolute atomic E-state index is 0.141. The summed E-state index contributed by atoms with van der Waals surface area (Å²) < 4.78 is 57.4. The monoisotopic (exact) mass is 439 g/mol. The first-order valence-corrected chi connectivity index (χ1v) is 11.6. The Labute approximate surface area is 175 Å². The van der Waals surface area contributed by atoms with Crippen LogP contribution in [0.5, 0.6) is 0 Å². The summed E-state index contributed by atoms with van der Waals surface area (Å²) in [4.78, 5) is 1.90. The number of piperidine rings is 1. The highest BCUT2D eigenvalue weighted by Gasteiger charge is 2.53. The number of aryl methyl sites for hydroxylation is 1. The second-order valence-electron chi connectivity index (χ2n) is 8.72. The lowest BCUT2D eigenvalue weighted by molar-refractivity contribution is 0.0791. The molecule has 3 heterocycles. The Morgan fingerprint density at radius 3 is 2.47 bits per heavy atom. The molecule has 0 bridgehead atoms. The summed E-state index contributed by atoms with van der Waals surface area (Å²) in [5.41, 5.74) is -0.296. The fourth-order valence-corrected chi connectivity index (χ4v) is 6.48. The van der Waals surface area contributed by atoms with Crippen molar-refractivity contribution in [3.8, 4) is 0 Å². The van der Waals surface area contributed by atoms with Crippen LogP contribution in [0.25, 0.3) is 0 Å². The van der Waals surface area contributed by atoms with Gasteiger partial charge in [-0.05, 0) is 57.3 Å². The van der Waals surface area contributed by atoms with E-state index in [4.69, 9.17) is 0 Å². The van der Waals surface area contributed by atoms with Gasteiger partial charge >= 0.3 is 0 Å². The molecular formula is C20H27F2N5O2S. The Hall–Kier alpha value is -1.91. The van der Waals surface area contributed by atoms with Crippen LogP contribution in [0.3, 0.4) is 0 Å². The zero-order chi connectivity index (χ0) is 21.7. The van der Waals surface area contributed by atoms with Crippen molar-refractivity contribution in [1.82, 2.24) is 24.0 Å². The Balaban J connectivity index is 1.70. The molecule has 4 rings (SSSR count). The molecule has 1 aromatic carbocycles. The Morgan fingerprint density at radius 2 is 1.90 bits per heavy atom. The molecule has 0 radical (unpaired) electrons. The average Bonchev–Trinajstić information content (AvgIpc) is 3.25. The SMILES string of the molecule is CC(C)N1CCC2(CC1)CN(S(=O)(=O)c1ccc(F)cc1F)CC2c1nncn1C. The van der Waals surface area contributed by atoms with Gasteiger partial charge in [0.05, 0.1) is 0 Å². The Kier molecular flexibility index (Phi) is 5.44. The highest BCUT2D eigenvalue weighted by molar-refractivity contribution is 7.89. The number of sulfonamides is 1. The molecule has 2 aromatic rings. The first kappa shape index (κ1) is 21.3. The van der Waals surface area contributed by atoms with Gasteiger partial charge in [-0.1, -0.05) is 0 Å². The van der Waals surface area contributed by atoms with Gasteiger partial charge in [0.1, 0.15) is 28.7 Å². The van der Waals surface area contributed by atoms with E-state index in [0.717, 1.165) is 43.9 Å². The van der Waals surface area contributed by atoms with E-state index in [0.29, 0.717) is 12.1 Å². The van der Waals surface area contributed by atoms with Gasteiger partial charge in [-0.15, -0.1) is 10.2 Å². The van der Waals surface area contributed by atoms with Crippen LogP contribution in [0.1, 0.15) is 38.4 Å².